The summed E-state index contributed by atoms with van der Waals surface area (Å²) >= 11 is 0. The summed E-state index contributed by atoms with van der Waals surface area (Å²) in [6, 6.07) is 11.6. The fraction of sp³-hybridized carbons (Fsp3) is 0.632. The van der Waals surface area contributed by atoms with Crippen LogP contribution in [0, 0.1) is 5.92 Å². The van der Waals surface area contributed by atoms with Gasteiger partial charge in [0.1, 0.15) is 0 Å². The number of nitrogens with one attached hydrogen (secondary N) is 2. The largest absolute Gasteiger partial charge is 0.354 e. The Morgan fingerprint density at radius 3 is 2.35 bits per heavy atom. The van der Waals surface area contributed by atoms with E-state index in [0.29, 0.717) is 18.0 Å². The van der Waals surface area contributed by atoms with E-state index in [9.17, 15) is 0 Å². The van der Waals surface area contributed by atoms with E-state index in [4.69, 9.17) is 0 Å². The number of nitrogens with zero attached hydrogens (tertiary/aromatic N) is 2. The van der Waals surface area contributed by atoms with Crippen molar-refractivity contribution < 1.29 is 0 Å². The van der Waals surface area contributed by atoms with Crippen molar-refractivity contribution in [1.82, 2.24) is 15.5 Å². The zero-order valence-corrected chi connectivity index (χ0v) is 15.0. The highest BCUT2D eigenvalue weighted by atomic mass is 15.2. The molecule has 1 aromatic rings. The Kier molecular flexibility index (Phi) is 6.90. The molecule has 1 aromatic carbocycles. The van der Waals surface area contributed by atoms with Crippen molar-refractivity contribution in [1.29, 1.82) is 0 Å². The van der Waals surface area contributed by atoms with Gasteiger partial charge in [0.15, 0.2) is 5.96 Å². The minimum Gasteiger partial charge on any atom is -0.354 e. The molecule has 0 aliphatic carbocycles. The van der Waals surface area contributed by atoms with Gasteiger partial charge >= 0.3 is 0 Å². The van der Waals surface area contributed by atoms with Crippen LogP contribution in [0.5, 0.6) is 0 Å². The SMILES string of the molecule is CN=C(NCC(c1ccccc1)N1CCCC1)NC(C)C(C)C. The minimum absolute atomic E-state index is 0.406. The Bertz CT molecular complexity index is 477. The second-order valence-electron chi connectivity index (χ2n) is 6.80. The van der Waals surface area contributed by atoms with Crippen LogP contribution in [0.4, 0.5) is 0 Å². The van der Waals surface area contributed by atoms with Crippen LogP contribution in [0.3, 0.4) is 0 Å². The molecule has 4 heteroatoms. The van der Waals surface area contributed by atoms with Crippen LogP contribution in [0.25, 0.3) is 0 Å². The zero-order valence-electron chi connectivity index (χ0n) is 15.0. The van der Waals surface area contributed by atoms with Crippen LogP contribution in [0.1, 0.15) is 45.2 Å². The van der Waals surface area contributed by atoms with Gasteiger partial charge in [0, 0.05) is 19.6 Å². The van der Waals surface area contributed by atoms with Gasteiger partial charge in [0.2, 0.25) is 0 Å². The summed E-state index contributed by atoms with van der Waals surface area (Å²) in [5.41, 5.74) is 1.38. The summed E-state index contributed by atoms with van der Waals surface area (Å²) in [6.07, 6.45) is 2.61. The maximum absolute atomic E-state index is 4.38. The lowest BCUT2D eigenvalue weighted by Crippen LogP contribution is -2.46. The van der Waals surface area contributed by atoms with Gasteiger partial charge in [-0.2, -0.15) is 0 Å². The maximum Gasteiger partial charge on any atom is 0.191 e. The van der Waals surface area contributed by atoms with Crippen molar-refractivity contribution in [2.75, 3.05) is 26.7 Å². The lowest BCUT2D eigenvalue weighted by molar-refractivity contribution is 0.245. The van der Waals surface area contributed by atoms with Gasteiger partial charge < -0.3 is 10.6 Å². The van der Waals surface area contributed by atoms with Crippen LogP contribution in [-0.4, -0.2) is 43.6 Å². The third-order valence-corrected chi connectivity index (χ3v) is 4.82. The molecule has 1 fully saturated rings. The molecule has 1 aliphatic heterocycles. The molecule has 1 aliphatic rings. The van der Waals surface area contributed by atoms with E-state index in [-0.39, 0.29) is 0 Å². The molecular formula is C19H32N4. The van der Waals surface area contributed by atoms with Crippen molar-refractivity contribution >= 4 is 5.96 Å². The highest BCUT2D eigenvalue weighted by molar-refractivity contribution is 5.80. The van der Waals surface area contributed by atoms with E-state index in [2.05, 4.69) is 71.6 Å². The monoisotopic (exact) mass is 316 g/mol. The van der Waals surface area contributed by atoms with Gasteiger partial charge in [-0.25, -0.2) is 0 Å². The molecule has 0 spiro atoms. The normalized spacial score (nSPS) is 18.9. The predicted molar refractivity (Wildman–Crippen MR) is 98.8 cm³/mol. The first-order valence-electron chi connectivity index (χ1n) is 8.88. The van der Waals surface area contributed by atoms with Crippen LogP contribution in [0.15, 0.2) is 35.3 Å². The van der Waals surface area contributed by atoms with E-state index in [1.807, 2.05) is 7.05 Å². The molecule has 23 heavy (non-hydrogen) atoms. The number of hydrogen-bond acceptors (Lipinski definition) is 2. The first-order valence-corrected chi connectivity index (χ1v) is 8.88. The fourth-order valence-electron chi connectivity index (χ4n) is 2.96. The van der Waals surface area contributed by atoms with E-state index >= 15 is 0 Å². The van der Waals surface area contributed by atoms with Crippen molar-refractivity contribution in [2.45, 2.75) is 45.7 Å². The van der Waals surface area contributed by atoms with Gasteiger partial charge in [0.05, 0.1) is 6.04 Å². The number of rotatable bonds is 6. The molecule has 2 rings (SSSR count). The maximum atomic E-state index is 4.38. The minimum atomic E-state index is 0.406. The smallest absolute Gasteiger partial charge is 0.191 e. The van der Waals surface area contributed by atoms with Crippen LogP contribution < -0.4 is 10.6 Å². The summed E-state index contributed by atoms with van der Waals surface area (Å²) in [6.45, 7) is 9.91. The quantitative estimate of drug-likeness (QED) is 0.626. The summed E-state index contributed by atoms with van der Waals surface area (Å²) in [7, 11) is 1.84. The number of guanidine groups is 1. The fourth-order valence-corrected chi connectivity index (χ4v) is 2.96. The lowest BCUT2D eigenvalue weighted by Gasteiger charge is -2.29. The summed E-state index contributed by atoms with van der Waals surface area (Å²) in [5, 5.41) is 7.01. The Hall–Kier alpha value is -1.55. The van der Waals surface area contributed by atoms with Gasteiger partial charge in [-0.05, 0) is 44.3 Å². The number of hydrogen-bond donors (Lipinski definition) is 2. The third kappa shape index (κ3) is 5.24. The van der Waals surface area contributed by atoms with Crippen LogP contribution in [-0.2, 0) is 0 Å². The van der Waals surface area contributed by atoms with Gasteiger partial charge in [0.25, 0.3) is 0 Å². The molecule has 2 unspecified atom stereocenters. The number of benzene rings is 1. The van der Waals surface area contributed by atoms with Crippen molar-refractivity contribution in [3.8, 4) is 0 Å². The topological polar surface area (TPSA) is 39.7 Å². The first kappa shape index (κ1) is 17.8. The van der Waals surface area contributed by atoms with E-state index < -0.39 is 0 Å². The summed E-state index contributed by atoms with van der Waals surface area (Å²) in [4.78, 5) is 6.96. The zero-order chi connectivity index (χ0) is 16.7. The molecule has 0 saturated carbocycles. The number of likely N-dealkylation sites (tertiary alicyclic amines) is 1. The Balaban J connectivity index is 2.00. The third-order valence-electron chi connectivity index (χ3n) is 4.82. The molecule has 4 nitrogen and oxygen atoms in total. The average molecular weight is 316 g/mol. The van der Waals surface area contributed by atoms with Gasteiger partial charge in [-0.15, -0.1) is 0 Å². The van der Waals surface area contributed by atoms with Crippen LogP contribution in [0.2, 0.25) is 0 Å². The molecule has 2 atom stereocenters. The van der Waals surface area contributed by atoms with Crippen molar-refractivity contribution in [3.05, 3.63) is 35.9 Å². The molecule has 1 heterocycles. The molecule has 2 N–H and O–H groups in total. The molecule has 0 bridgehead atoms. The molecular weight excluding hydrogens is 284 g/mol. The van der Waals surface area contributed by atoms with Crippen LogP contribution >= 0.6 is 0 Å². The average Bonchev–Trinajstić information content (AvgIpc) is 3.09. The standard InChI is InChI=1S/C19H32N4/c1-15(2)16(3)22-19(20-4)21-14-18(23-12-8-9-13-23)17-10-6-5-7-11-17/h5-7,10-11,15-16,18H,8-9,12-14H2,1-4H3,(H2,20,21,22). The predicted octanol–water partition coefficient (Wildman–Crippen LogP) is 3.03. The molecule has 128 valence electrons. The first-order chi connectivity index (χ1) is 11.1. The Morgan fingerprint density at radius 1 is 1.13 bits per heavy atom. The second kappa shape index (κ2) is 8.92. The second-order valence-corrected chi connectivity index (χ2v) is 6.80. The molecule has 0 aromatic heterocycles. The van der Waals surface area contributed by atoms with E-state index in [1.54, 1.807) is 0 Å². The van der Waals surface area contributed by atoms with Crippen molar-refractivity contribution in [2.24, 2.45) is 10.9 Å². The highest BCUT2D eigenvalue weighted by Gasteiger charge is 2.23. The summed E-state index contributed by atoms with van der Waals surface area (Å²) < 4.78 is 0. The lowest BCUT2D eigenvalue weighted by atomic mass is 10.1. The van der Waals surface area contributed by atoms with E-state index in [1.165, 1.54) is 31.5 Å². The highest BCUT2D eigenvalue weighted by Crippen LogP contribution is 2.24. The molecule has 1 saturated heterocycles. The van der Waals surface area contributed by atoms with Gasteiger partial charge in [-0.3, -0.25) is 9.89 Å². The Labute approximate surface area is 141 Å². The number of aliphatic imine (C=N–C) groups is 1. The van der Waals surface area contributed by atoms with Gasteiger partial charge in [-0.1, -0.05) is 44.2 Å². The molecule has 0 radical (unpaired) electrons. The van der Waals surface area contributed by atoms with Crippen molar-refractivity contribution in [3.63, 3.8) is 0 Å². The Morgan fingerprint density at radius 2 is 1.78 bits per heavy atom. The molecule has 0 amide bonds. The summed E-state index contributed by atoms with van der Waals surface area (Å²) in [5.74, 6) is 1.48. The van der Waals surface area contributed by atoms with E-state index in [0.717, 1.165) is 12.5 Å².